The highest BCUT2D eigenvalue weighted by Crippen LogP contribution is 2.59. The SMILES string of the molecule is BC1O[C@H](CC(C)(CC)OP(=O)(O)C(C)(O)CC)C(O)[C@H]1Br. The summed E-state index contributed by atoms with van der Waals surface area (Å²) in [6.45, 7) is 6.44. The first kappa shape index (κ1) is 20.6. The van der Waals surface area contributed by atoms with Crippen molar-refractivity contribution in [2.45, 2.75) is 80.9 Å². The molecule has 0 bridgehead atoms. The number of halogens is 1. The molecule has 130 valence electrons. The molecule has 1 heterocycles. The van der Waals surface area contributed by atoms with Crippen LogP contribution in [-0.2, 0) is 13.8 Å². The first-order valence-electron chi connectivity index (χ1n) is 7.62. The Balaban J connectivity index is 2.87. The summed E-state index contributed by atoms with van der Waals surface area (Å²) in [6, 6.07) is -0.152. The van der Waals surface area contributed by atoms with E-state index in [2.05, 4.69) is 15.9 Å². The van der Waals surface area contributed by atoms with Crippen LogP contribution in [0.15, 0.2) is 0 Å². The van der Waals surface area contributed by atoms with Gasteiger partial charge < -0.3 is 24.4 Å². The predicted octanol–water partition coefficient (Wildman–Crippen LogP) is 1.35. The molecule has 3 N–H and O–H groups in total. The van der Waals surface area contributed by atoms with E-state index >= 15 is 0 Å². The molecule has 1 saturated heterocycles. The largest absolute Gasteiger partial charge is 0.389 e. The van der Waals surface area contributed by atoms with E-state index in [0.29, 0.717) is 6.42 Å². The van der Waals surface area contributed by atoms with Gasteiger partial charge in [0.25, 0.3) is 0 Å². The second-order valence-corrected chi connectivity index (χ2v) is 9.75. The van der Waals surface area contributed by atoms with Gasteiger partial charge in [0.2, 0.25) is 0 Å². The van der Waals surface area contributed by atoms with Crippen molar-refractivity contribution in [2.24, 2.45) is 0 Å². The van der Waals surface area contributed by atoms with E-state index in [9.17, 15) is 19.7 Å². The Labute approximate surface area is 141 Å². The standard InChI is InChI=1S/C13H27BBrO6P/c1-5-12(3,21-22(18,19)13(4,17)6-2)7-8-10(16)9(15)11(14)20-8/h8-11,16-17H,5-7,14H2,1-4H3,(H,18,19)/t8-,9-,10?,11?,12?,13?/m1/s1. The van der Waals surface area contributed by atoms with Crippen molar-refractivity contribution < 1.29 is 28.9 Å². The van der Waals surface area contributed by atoms with E-state index in [4.69, 9.17) is 9.26 Å². The zero-order chi connectivity index (χ0) is 17.3. The molecule has 1 fully saturated rings. The van der Waals surface area contributed by atoms with E-state index in [1.807, 2.05) is 14.8 Å². The van der Waals surface area contributed by atoms with Gasteiger partial charge in [0.15, 0.2) is 5.34 Å². The number of aliphatic hydroxyl groups is 2. The van der Waals surface area contributed by atoms with Crippen LogP contribution >= 0.6 is 23.5 Å². The third kappa shape index (κ3) is 4.35. The fraction of sp³-hybridized carbons (Fsp3) is 1.00. The molecular weight excluding hydrogens is 374 g/mol. The first-order valence-corrected chi connectivity index (χ1v) is 10.1. The Kier molecular flexibility index (Phi) is 6.76. The lowest BCUT2D eigenvalue weighted by Crippen LogP contribution is -2.39. The van der Waals surface area contributed by atoms with E-state index in [0.717, 1.165) is 0 Å². The third-order valence-corrected chi connectivity index (χ3v) is 8.06. The molecule has 5 unspecified atom stereocenters. The van der Waals surface area contributed by atoms with E-state index < -0.39 is 30.7 Å². The molecule has 0 aromatic rings. The molecule has 0 amide bonds. The third-order valence-electron chi connectivity index (χ3n) is 4.55. The molecule has 7 atom stereocenters. The second-order valence-electron chi connectivity index (χ2n) is 6.50. The smallest absolute Gasteiger partial charge is 0.359 e. The van der Waals surface area contributed by atoms with Gasteiger partial charge >= 0.3 is 7.60 Å². The number of rotatable bonds is 7. The Morgan fingerprint density at radius 3 is 2.27 bits per heavy atom. The number of aliphatic hydroxyl groups excluding tert-OH is 1. The van der Waals surface area contributed by atoms with Crippen molar-refractivity contribution >= 4 is 31.4 Å². The van der Waals surface area contributed by atoms with Crippen molar-refractivity contribution in [3.63, 3.8) is 0 Å². The summed E-state index contributed by atoms with van der Waals surface area (Å²) in [4.78, 5) is 9.94. The van der Waals surface area contributed by atoms with Crippen LogP contribution in [0.2, 0.25) is 0 Å². The van der Waals surface area contributed by atoms with Gasteiger partial charge in [0.05, 0.1) is 22.6 Å². The summed E-state index contributed by atoms with van der Waals surface area (Å²) in [6.07, 6.45) is -0.388. The maximum Gasteiger partial charge on any atom is 0.359 e. The molecule has 1 rings (SSSR count). The maximum atomic E-state index is 12.4. The topological polar surface area (TPSA) is 96.2 Å². The second kappa shape index (κ2) is 7.22. The maximum absolute atomic E-state index is 12.4. The fourth-order valence-electron chi connectivity index (χ4n) is 2.35. The van der Waals surface area contributed by atoms with Gasteiger partial charge in [0.1, 0.15) is 7.85 Å². The number of alkyl halides is 1. The normalized spacial score (nSPS) is 37.3. The molecule has 9 heteroatoms. The summed E-state index contributed by atoms with van der Waals surface area (Å²) in [5, 5.41) is 18.5. The molecular formula is C13H27BBrO6P. The van der Waals surface area contributed by atoms with Crippen LogP contribution in [-0.4, -0.2) is 56.9 Å². The highest BCUT2D eigenvalue weighted by molar-refractivity contribution is 9.09. The quantitative estimate of drug-likeness (QED) is 0.339. The fourth-order valence-corrected chi connectivity index (χ4v) is 4.21. The first-order chi connectivity index (χ1) is 9.89. The van der Waals surface area contributed by atoms with Crippen molar-refractivity contribution in [3.05, 3.63) is 0 Å². The number of hydrogen-bond acceptors (Lipinski definition) is 5. The van der Waals surface area contributed by atoms with Gasteiger partial charge in [-0.05, 0) is 26.7 Å². The highest BCUT2D eigenvalue weighted by Gasteiger charge is 2.49. The van der Waals surface area contributed by atoms with Crippen LogP contribution in [0, 0.1) is 0 Å². The molecule has 0 aliphatic carbocycles. The van der Waals surface area contributed by atoms with E-state index in [1.54, 1.807) is 13.8 Å². The van der Waals surface area contributed by atoms with Gasteiger partial charge in [-0.1, -0.05) is 29.8 Å². The van der Waals surface area contributed by atoms with Crippen LogP contribution in [0.25, 0.3) is 0 Å². The summed E-state index contributed by atoms with van der Waals surface area (Å²) in [5.74, 6) is 0. The molecule has 1 aliphatic rings. The lowest BCUT2D eigenvalue weighted by atomic mass is 9.91. The van der Waals surface area contributed by atoms with Crippen molar-refractivity contribution in [1.82, 2.24) is 0 Å². The van der Waals surface area contributed by atoms with Gasteiger partial charge in [-0.3, -0.25) is 4.57 Å². The van der Waals surface area contributed by atoms with Crippen molar-refractivity contribution in [2.75, 3.05) is 0 Å². The Hall–Kier alpha value is 0.575. The molecule has 0 spiro atoms. The molecule has 1 aliphatic heterocycles. The van der Waals surface area contributed by atoms with Gasteiger partial charge in [0, 0.05) is 12.4 Å². The zero-order valence-electron chi connectivity index (χ0n) is 13.8. The minimum atomic E-state index is -4.23. The molecule has 0 aromatic heterocycles. The monoisotopic (exact) mass is 400 g/mol. The van der Waals surface area contributed by atoms with Crippen LogP contribution in [0.3, 0.4) is 0 Å². The molecule has 0 radical (unpaired) electrons. The summed E-state index contributed by atoms with van der Waals surface area (Å²) < 4.78 is 23.6. The van der Waals surface area contributed by atoms with E-state index in [-0.39, 0.29) is 23.7 Å². The summed E-state index contributed by atoms with van der Waals surface area (Å²) in [7, 11) is -2.38. The average Bonchev–Trinajstić information content (AvgIpc) is 2.65. The van der Waals surface area contributed by atoms with Crippen molar-refractivity contribution in [3.8, 4) is 0 Å². The summed E-state index contributed by atoms with van der Waals surface area (Å²) >= 11 is 3.38. The van der Waals surface area contributed by atoms with Crippen LogP contribution in [0.4, 0.5) is 0 Å². The minimum Gasteiger partial charge on any atom is -0.389 e. The van der Waals surface area contributed by atoms with Crippen LogP contribution in [0.1, 0.15) is 47.0 Å². The lowest BCUT2D eigenvalue weighted by molar-refractivity contribution is -0.0425. The Bertz CT molecular complexity index is 437. The molecule has 0 aromatic carbocycles. The molecule has 6 nitrogen and oxygen atoms in total. The average molecular weight is 401 g/mol. The molecule has 0 saturated carbocycles. The number of ether oxygens (including phenoxy) is 1. The van der Waals surface area contributed by atoms with Gasteiger partial charge in [-0.2, -0.15) is 0 Å². The Morgan fingerprint density at radius 1 is 1.36 bits per heavy atom. The lowest BCUT2D eigenvalue weighted by Gasteiger charge is -2.37. The minimum absolute atomic E-state index is 0.101. The van der Waals surface area contributed by atoms with Crippen LogP contribution < -0.4 is 0 Å². The summed E-state index contributed by atoms with van der Waals surface area (Å²) in [5.41, 5.74) is -0.980. The predicted molar refractivity (Wildman–Crippen MR) is 91.1 cm³/mol. The van der Waals surface area contributed by atoms with Crippen molar-refractivity contribution in [1.29, 1.82) is 0 Å². The Morgan fingerprint density at radius 2 is 1.91 bits per heavy atom. The zero-order valence-corrected chi connectivity index (χ0v) is 16.3. The van der Waals surface area contributed by atoms with Gasteiger partial charge in [-0.25, -0.2) is 0 Å². The molecule has 22 heavy (non-hydrogen) atoms. The number of hydrogen-bond donors (Lipinski definition) is 3. The van der Waals surface area contributed by atoms with Crippen LogP contribution in [0.5, 0.6) is 0 Å². The van der Waals surface area contributed by atoms with Gasteiger partial charge in [-0.15, -0.1) is 0 Å². The van der Waals surface area contributed by atoms with E-state index in [1.165, 1.54) is 6.92 Å². The highest BCUT2D eigenvalue weighted by atomic mass is 79.9.